The summed E-state index contributed by atoms with van der Waals surface area (Å²) in [7, 11) is 0. The van der Waals surface area contributed by atoms with Gasteiger partial charge in [0.2, 0.25) is 0 Å². The second-order valence-electron chi connectivity index (χ2n) is 1.77. The molecule has 0 rings (SSSR count). The van der Waals surface area contributed by atoms with Crippen LogP contribution in [0.4, 0.5) is 0 Å². The Labute approximate surface area is 114 Å². The van der Waals surface area contributed by atoms with Crippen LogP contribution in [0.25, 0.3) is 0 Å². The fraction of sp³-hybridized carbons (Fsp3) is 0.600. The van der Waals surface area contributed by atoms with Crippen LogP contribution in [0.3, 0.4) is 0 Å². The molecule has 2 N–H and O–H groups in total. The Morgan fingerprint density at radius 3 is 1.58 bits per heavy atom. The molecule has 7 heteroatoms. The summed E-state index contributed by atoms with van der Waals surface area (Å²) in [5.74, 6) is -4.87. The van der Waals surface area contributed by atoms with Gasteiger partial charge in [-0.1, -0.05) is 0 Å². The van der Waals surface area contributed by atoms with Gasteiger partial charge in [-0.15, -0.1) is 0 Å². The van der Waals surface area contributed by atoms with E-state index in [-0.39, 0.29) is 72.1 Å². The van der Waals surface area contributed by atoms with Gasteiger partial charge >= 0.3 is 59.1 Å². The molecule has 0 saturated carbocycles. The molecule has 0 aliphatic carbocycles. The SMILES string of the molecule is NCCC(C(=O)[O-])C(=O)[O-].[Na+].[Na+]. The zero-order chi connectivity index (χ0) is 8.15. The number of nitrogens with two attached hydrogens (primary N) is 1. The number of rotatable bonds is 4. The molecule has 0 aromatic carbocycles. The van der Waals surface area contributed by atoms with Crippen molar-refractivity contribution >= 4 is 11.9 Å². The van der Waals surface area contributed by atoms with Crippen LogP contribution in [0.5, 0.6) is 0 Å². The fourth-order valence-corrected chi connectivity index (χ4v) is 0.499. The van der Waals surface area contributed by atoms with Gasteiger partial charge in [-0.05, 0) is 13.0 Å². The molecule has 12 heavy (non-hydrogen) atoms. The van der Waals surface area contributed by atoms with Gasteiger partial charge in [0.15, 0.2) is 0 Å². The molecule has 0 radical (unpaired) electrons. The van der Waals surface area contributed by atoms with Crippen LogP contribution in [-0.4, -0.2) is 18.5 Å². The molecule has 0 aromatic rings. The maximum Gasteiger partial charge on any atom is 1.00 e. The number of carboxylic acids is 2. The van der Waals surface area contributed by atoms with E-state index in [9.17, 15) is 19.8 Å². The Kier molecular flexibility index (Phi) is 15.5. The van der Waals surface area contributed by atoms with Crippen molar-refractivity contribution in [2.75, 3.05) is 6.54 Å². The van der Waals surface area contributed by atoms with E-state index in [1.807, 2.05) is 0 Å². The van der Waals surface area contributed by atoms with E-state index < -0.39 is 17.9 Å². The number of carbonyl (C=O) groups excluding carboxylic acids is 2. The summed E-state index contributed by atoms with van der Waals surface area (Å²) in [4.78, 5) is 19.9. The number of hydrogen-bond donors (Lipinski definition) is 1. The third kappa shape index (κ3) is 7.54. The average molecular weight is 191 g/mol. The van der Waals surface area contributed by atoms with Gasteiger partial charge in [-0.3, -0.25) is 0 Å². The Hall–Kier alpha value is 0.900. The van der Waals surface area contributed by atoms with Gasteiger partial charge in [0.05, 0.1) is 11.9 Å². The number of aliphatic carboxylic acids is 2. The van der Waals surface area contributed by atoms with E-state index in [4.69, 9.17) is 5.73 Å². The minimum Gasteiger partial charge on any atom is -0.549 e. The fourth-order valence-electron chi connectivity index (χ4n) is 0.499. The van der Waals surface area contributed by atoms with E-state index in [1.165, 1.54) is 0 Å². The van der Waals surface area contributed by atoms with E-state index >= 15 is 0 Å². The van der Waals surface area contributed by atoms with Crippen LogP contribution >= 0.6 is 0 Å². The molecule has 0 heterocycles. The van der Waals surface area contributed by atoms with Gasteiger partial charge in [0.25, 0.3) is 0 Å². The topological polar surface area (TPSA) is 106 Å². The molecule has 0 unspecified atom stereocenters. The summed E-state index contributed by atoms with van der Waals surface area (Å²) in [6.45, 7) is -0.00731. The average Bonchev–Trinajstić information content (AvgIpc) is 1.81. The van der Waals surface area contributed by atoms with E-state index in [0.717, 1.165) is 0 Å². The summed E-state index contributed by atoms with van der Waals surface area (Å²) < 4.78 is 0. The molecule has 5 nitrogen and oxygen atoms in total. The van der Waals surface area contributed by atoms with Crippen LogP contribution in [0, 0.1) is 5.92 Å². The monoisotopic (exact) mass is 191 g/mol. The van der Waals surface area contributed by atoms with Crippen LogP contribution in [0.15, 0.2) is 0 Å². The van der Waals surface area contributed by atoms with Gasteiger partial charge in [-0.2, -0.15) is 0 Å². The van der Waals surface area contributed by atoms with E-state index in [1.54, 1.807) is 0 Å². The van der Waals surface area contributed by atoms with Crippen molar-refractivity contribution in [3.05, 3.63) is 0 Å². The molecule has 58 valence electrons. The first-order valence-corrected chi connectivity index (χ1v) is 2.71. The van der Waals surface area contributed by atoms with Gasteiger partial charge < -0.3 is 25.5 Å². The van der Waals surface area contributed by atoms with Crippen LogP contribution in [-0.2, 0) is 9.59 Å². The summed E-state index contributed by atoms with van der Waals surface area (Å²) in [6, 6.07) is 0. The van der Waals surface area contributed by atoms with Crippen molar-refractivity contribution in [2.24, 2.45) is 11.7 Å². The molecule has 0 amide bonds. The second-order valence-corrected chi connectivity index (χ2v) is 1.77. The van der Waals surface area contributed by atoms with Crippen molar-refractivity contribution in [3.8, 4) is 0 Å². The number of hydrogen-bond acceptors (Lipinski definition) is 5. The summed E-state index contributed by atoms with van der Waals surface area (Å²) >= 11 is 0. The van der Waals surface area contributed by atoms with Crippen molar-refractivity contribution in [2.45, 2.75) is 6.42 Å². The predicted octanol–water partition coefficient (Wildman–Crippen LogP) is -9.54. The van der Waals surface area contributed by atoms with Crippen molar-refractivity contribution in [3.63, 3.8) is 0 Å². The molecule has 0 aliphatic heterocycles. The first-order chi connectivity index (χ1) is 4.59. The van der Waals surface area contributed by atoms with E-state index in [0.29, 0.717) is 0 Å². The Bertz CT molecular complexity index is 138. The predicted molar refractivity (Wildman–Crippen MR) is 27.2 cm³/mol. The molecule has 0 aromatic heterocycles. The Balaban J connectivity index is -0.000000405. The van der Waals surface area contributed by atoms with Crippen molar-refractivity contribution < 1.29 is 78.9 Å². The third-order valence-electron chi connectivity index (χ3n) is 1.02. The van der Waals surface area contributed by atoms with Gasteiger partial charge in [0, 0.05) is 5.92 Å². The third-order valence-corrected chi connectivity index (χ3v) is 1.02. The largest absolute Gasteiger partial charge is 1.00 e. The minimum absolute atomic E-state index is 0. The van der Waals surface area contributed by atoms with Crippen LogP contribution in [0.1, 0.15) is 6.42 Å². The Morgan fingerprint density at radius 1 is 1.17 bits per heavy atom. The molecule has 0 aliphatic rings. The van der Waals surface area contributed by atoms with E-state index in [2.05, 4.69) is 0 Å². The van der Waals surface area contributed by atoms with Gasteiger partial charge in [-0.25, -0.2) is 0 Å². The van der Waals surface area contributed by atoms with Crippen molar-refractivity contribution in [1.82, 2.24) is 0 Å². The normalized spacial score (nSPS) is 8.17. The molecule has 0 saturated heterocycles. The first-order valence-electron chi connectivity index (χ1n) is 2.71. The smallest absolute Gasteiger partial charge is 0.549 e. The zero-order valence-electron chi connectivity index (χ0n) is 7.20. The van der Waals surface area contributed by atoms with Crippen LogP contribution < -0.4 is 75.1 Å². The Morgan fingerprint density at radius 2 is 1.50 bits per heavy atom. The van der Waals surface area contributed by atoms with Crippen LogP contribution in [0.2, 0.25) is 0 Å². The summed E-state index contributed by atoms with van der Waals surface area (Å²) in [5, 5.41) is 19.9. The molecular weight excluding hydrogens is 184 g/mol. The molecule has 0 atom stereocenters. The second kappa shape index (κ2) is 9.98. The first kappa shape index (κ1) is 18.6. The zero-order valence-corrected chi connectivity index (χ0v) is 11.2. The summed E-state index contributed by atoms with van der Waals surface area (Å²) in [6.07, 6.45) is -0.148. The maximum atomic E-state index is 9.94. The molecular formula is C5H7NNa2O4. The quantitative estimate of drug-likeness (QED) is 0.350. The number of carboxylic acid groups (broad SMARTS) is 2. The van der Waals surface area contributed by atoms with Crippen molar-refractivity contribution in [1.29, 1.82) is 0 Å². The standard InChI is InChI=1S/C5H9NO4.2Na/c6-2-1-3(4(7)8)5(9)10;;/h3H,1-2,6H2,(H,7,8)(H,9,10);;/q;2*+1/p-2. The van der Waals surface area contributed by atoms with Gasteiger partial charge in [0.1, 0.15) is 0 Å². The molecule has 0 fully saturated rings. The molecule has 0 bridgehead atoms. The number of carbonyl (C=O) groups is 2. The minimum atomic E-state index is -1.65. The molecule has 0 spiro atoms. The summed E-state index contributed by atoms with van der Waals surface area (Å²) in [5.41, 5.74) is 4.92. The maximum absolute atomic E-state index is 9.94.